The number of ether oxygens (including phenoxy) is 2. The predicted molar refractivity (Wildman–Crippen MR) is 91.2 cm³/mol. The highest BCUT2D eigenvalue weighted by Gasteiger charge is 2.15. The van der Waals surface area contributed by atoms with Crippen LogP contribution in [0.4, 0.5) is 0 Å². The summed E-state index contributed by atoms with van der Waals surface area (Å²) in [4.78, 5) is 12.5. The van der Waals surface area contributed by atoms with E-state index in [1.54, 1.807) is 20.3 Å². The Morgan fingerprint density at radius 1 is 1.09 bits per heavy atom. The Hall–Kier alpha value is -2.49. The second-order valence-electron chi connectivity index (χ2n) is 5.39. The summed E-state index contributed by atoms with van der Waals surface area (Å²) in [6.07, 6.45) is 0.813. The lowest BCUT2D eigenvalue weighted by molar-refractivity contribution is 0.0935. The quantitative estimate of drug-likeness (QED) is 0.880. The molecule has 0 bridgehead atoms. The second kappa shape index (κ2) is 7.68. The molecule has 122 valence electrons. The van der Waals surface area contributed by atoms with Gasteiger partial charge in [0, 0.05) is 5.56 Å². The topological polar surface area (TPSA) is 47.6 Å². The summed E-state index contributed by atoms with van der Waals surface area (Å²) < 4.78 is 10.4. The molecule has 0 aliphatic carbocycles. The molecule has 2 aromatic carbocycles. The van der Waals surface area contributed by atoms with Crippen LogP contribution in [0.3, 0.4) is 0 Å². The Morgan fingerprint density at radius 2 is 1.78 bits per heavy atom. The number of carbonyl (C=O) groups excluding carboxylic acids is 1. The fourth-order valence-electron chi connectivity index (χ4n) is 2.52. The Kier molecular flexibility index (Phi) is 5.63. The minimum Gasteiger partial charge on any atom is -0.497 e. The number of methoxy groups -OCH3 is 2. The molecule has 1 atom stereocenters. The summed E-state index contributed by atoms with van der Waals surface area (Å²) in [6, 6.07) is 13.2. The minimum absolute atomic E-state index is 0.0317. The van der Waals surface area contributed by atoms with E-state index in [0.29, 0.717) is 5.56 Å². The van der Waals surface area contributed by atoms with E-state index in [0.717, 1.165) is 29.0 Å². The van der Waals surface area contributed by atoms with E-state index in [9.17, 15) is 4.79 Å². The Labute approximate surface area is 137 Å². The van der Waals surface area contributed by atoms with Crippen molar-refractivity contribution in [2.75, 3.05) is 14.2 Å². The number of benzene rings is 2. The predicted octanol–water partition coefficient (Wildman–Crippen LogP) is 3.89. The first-order valence-electron chi connectivity index (χ1n) is 7.68. The molecule has 0 radical (unpaired) electrons. The van der Waals surface area contributed by atoms with Crippen molar-refractivity contribution in [1.82, 2.24) is 5.32 Å². The Morgan fingerprint density at radius 3 is 2.30 bits per heavy atom. The van der Waals surface area contributed by atoms with E-state index in [1.807, 2.05) is 43.3 Å². The summed E-state index contributed by atoms with van der Waals surface area (Å²) in [7, 11) is 3.26. The van der Waals surface area contributed by atoms with Crippen molar-refractivity contribution in [2.45, 2.75) is 26.3 Å². The molecule has 1 amide bonds. The van der Waals surface area contributed by atoms with Crippen molar-refractivity contribution in [3.63, 3.8) is 0 Å². The van der Waals surface area contributed by atoms with E-state index < -0.39 is 0 Å². The molecule has 2 rings (SSSR count). The molecule has 0 saturated heterocycles. The largest absolute Gasteiger partial charge is 0.497 e. The maximum absolute atomic E-state index is 12.5. The highest BCUT2D eigenvalue weighted by molar-refractivity contribution is 5.94. The molecule has 4 nitrogen and oxygen atoms in total. The molecular weight excluding hydrogens is 290 g/mol. The van der Waals surface area contributed by atoms with Gasteiger partial charge in [0.25, 0.3) is 5.91 Å². The van der Waals surface area contributed by atoms with Gasteiger partial charge in [-0.05, 0) is 54.8 Å². The minimum atomic E-state index is -0.0848. The molecule has 0 aliphatic rings. The Bertz CT molecular complexity index is 665. The number of hydrogen-bond donors (Lipinski definition) is 1. The van der Waals surface area contributed by atoms with Crippen LogP contribution in [0.15, 0.2) is 42.5 Å². The third-order valence-corrected chi connectivity index (χ3v) is 3.89. The lowest BCUT2D eigenvalue weighted by Crippen LogP contribution is -2.28. The van der Waals surface area contributed by atoms with E-state index in [-0.39, 0.29) is 11.9 Å². The zero-order valence-electron chi connectivity index (χ0n) is 14.1. The van der Waals surface area contributed by atoms with Gasteiger partial charge in [0.2, 0.25) is 0 Å². The van der Waals surface area contributed by atoms with E-state index >= 15 is 0 Å². The third kappa shape index (κ3) is 4.03. The van der Waals surface area contributed by atoms with Crippen molar-refractivity contribution in [1.29, 1.82) is 0 Å². The average Bonchev–Trinajstić information content (AvgIpc) is 2.59. The molecule has 0 saturated carbocycles. The monoisotopic (exact) mass is 313 g/mol. The van der Waals surface area contributed by atoms with Gasteiger partial charge >= 0.3 is 0 Å². The number of hydrogen-bond acceptors (Lipinski definition) is 3. The van der Waals surface area contributed by atoms with Crippen molar-refractivity contribution in [3.8, 4) is 11.5 Å². The van der Waals surface area contributed by atoms with Gasteiger partial charge in [-0.3, -0.25) is 4.79 Å². The molecule has 0 unspecified atom stereocenters. The number of carbonyl (C=O) groups is 1. The molecule has 23 heavy (non-hydrogen) atoms. The van der Waals surface area contributed by atoms with Crippen LogP contribution in [0.1, 0.15) is 40.9 Å². The van der Waals surface area contributed by atoms with E-state index in [4.69, 9.17) is 9.47 Å². The fourth-order valence-corrected chi connectivity index (χ4v) is 2.52. The van der Waals surface area contributed by atoms with Crippen molar-refractivity contribution < 1.29 is 14.3 Å². The van der Waals surface area contributed by atoms with Gasteiger partial charge in [-0.1, -0.05) is 19.1 Å². The highest BCUT2D eigenvalue weighted by atomic mass is 16.5. The van der Waals surface area contributed by atoms with Crippen LogP contribution < -0.4 is 14.8 Å². The second-order valence-corrected chi connectivity index (χ2v) is 5.39. The summed E-state index contributed by atoms with van der Waals surface area (Å²) >= 11 is 0. The molecule has 0 spiro atoms. The number of amides is 1. The molecule has 1 N–H and O–H groups in total. The molecular formula is C19H23NO3. The summed E-state index contributed by atoms with van der Waals surface area (Å²) in [5.41, 5.74) is 2.64. The first kappa shape index (κ1) is 16.9. The van der Waals surface area contributed by atoms with Gasteiger partial charge in [-0.2, -0.15) is 0 Å². The van der Waals surface area contributed by atoms with Crippen LogP contribution in [0.25, 0.3) is 0 Å². The summed E-state index contributed by atoms with van der Waals surface area (Å²) in [5.74, 6) is 1.50. The lowest BCUT2D eigenvalue weighted by atomic mass is 10.0. The van der Waals surface area contributed by atoms with E-state index in [1.165, 1.54) is 0 Å². The number of rotatable bonds is 6. The molecule has 0 fully saturated rings. The first-order chi connectivity index (χ1) is 11.1. The normalized spacial score (nSPS) is 11.7. The SMILES string of the molecule is CC[C@@H](NC(=O)c1ccc(OC)c(C)c1)c1ccc(OC)cc1. The van der Waals surface area contributed by atoms with Crippen LogP contribution in [0, 0.1) is 6.92 Å². The number of nitrogens with one attached hydrogen (secondary N) is 1. The molecule has 0 heterocycles. The summed E-state index contributed by atoms with van der Waals surface area (Å²) in [5, 5.41) is 3.08. The van der Waals surface area contributed by atoms with Gasteiger partial charge in [0.15, 0.2) is 0 Å². The van der Waals surface area contributed by atoms with Crippen LogP contribution in [0.5, 0.6) is 11.5 Å². The van der Waals surface area contributed by atoms with Gasteiger partial charge < -0.3 is 14.8 Å². The van der Waals surface area contributed by atoms with Gasteiger partial charge in [0.05, 0.1) is 20.3 Å². The van der Waals surface area contributed by atoms with Crippen molar-refractivity contribution in [3.05, 3.63) is 59.2 Å². The van der Waals surface area contributed by atoms with Crippen LogP contribution in [-0.2, 0) is 0 Å². The van der Waals surface area contributed by atoms with Crippen LogP contribution in [-0.4, -0.2) is 20.1 Å². The van der Waals surface area contributed by atoms with Gasteiger partial charge in [0.1, 0.15) is 11.5 Å². The zero-order chi connectivity index (χ0) is 16.8. The average molecular weight is 313 g/mol. The fraction of sp³-hybridized carbons (Fsp3) is 0.316. The van der Waals surface area contributed by atoms with Crippen LogP contribution in [0.2, 0.25) is 0 Å². The van der Waals surface area contributed by atoms with Gasteiger partial charge in [-0.25, -0.2) is 0 Å². The Balaban J connectivity index is 2.14. The zero-order valence-corrected chi connectivity index (χ0v) is 14.1. The maximum Gasteiger partial charge on any atom is 0.251 e. The molecule has 0 aliphatic heterocycles. The molecule has 0 aromatic heterocycles. The highest BCUT2D eigenvalue weighted by Crippen LogP contribution is 2.22. The maximum atomic E-state index is 12.5. The van der Waals surface area contributed by atoms with Gasteiger partial charge in [-0.15, -0.1) is 0 Å². The standard InChI is InChI=1S/C19H23NO3/c1-5-17(14-6-9-16(22-3)10-7-14)20-19(21)15-8-11-18(23-4)13(2)12-15/h6-12,17H,5H2,1-4H3,(H,20,21)/t17-/m1/s1. The smallest absolute Gasteiger partial charge is 0.251 e. The summed E-state index contributed by atoms with van der Waals surface area (Å²) in [6.45, 7) is 3.98. The molecule has 2 aromatic rings. The van der Waals surface area contributed by atoms with E-state index in [2.05, 4.69) is 12.2 Å². The van der Waals surface area contributed by atoms with Crippen molar-refractivity contribution in [2.24, 2.45) is 0 Å². The van der Waals surface area contributed by atoms with Crippen molar-refractivity contribution >= 4 is 5.91 Å². The lowest BCUT2D eigenvalue weighted by Gasteiger charge is -2.18. The number of aryl methyl sites for hydroxylation is 1. The van der Waals surface area contributed by atoms with Crippen LogP contribution >= 0.6 is 0 Å². The third-order valence-electron chi connectivity index (χ3n) is 3.89. The molecule has 4 heteroatoms. The first-order valence-corrected chi connectivity index (χ1v) is 7.68.